The van der Waals surface area contributed by atoms with Crippen LogP contribution < -0.4 is 5.32 Å². The van der Waals surface area contributed by atoms with Gasteiger partial charge in [-0.25, -0.2) is 4.39 Å². The number of aliphatic hydroxyl groups excluding tert-OH is 1. The number of benzene rings is 1. The fourth-order valence-corrected chi connectivity index (χ4v) is 6.17. The molecule has 0 bridgehead atoms. The number of rotatable bonds is 22. The van der Waals surface area contributed by atoms with Crippen molar-refractivity contribution in [1.29, 1.82) is 0 Å². The molecule has 1 aromatic carbocycles. The van der Waals surface area contributed by atoms with Crippen LogP contribution >= 0.6 is 0 Å². The molecular formula is C36H56FNO7. The van der Waals surface area contributed by atoms with Gasteiger partial charge in [-0.15, -0.1) is 0 Å². The van der Waals surface area contributed by atoms with Gasteiger partial charge in [-0.1, -0.05) is 69.7 Å². The fraction of sp³-hybridized carbons (Fsp3) is 0.694. The maximum absolute atomic E-state index is 13.6. The van der Waals surface area contributed by atoms with Crippen molar-refractivity contribution in [3.05, 3.63) is 47.8 Å². The highest BCUT2D eigenvalue weighted by Gasteiger charge is 2.39. The van der Waals surface area contributed by atoms with E-state index >= 15 is 0 Å². The molecule has 9 heteroatoms. The highest BCUT2D eigenvalue weighted by molar-refractivity contribution is 5.74. The summed E-state index contributed by atoms with van der Waals surface area (Å²) in [7, 11) is 2.80. The number of carbonyl (C=O) groups is 3. The quantitative estimate of drug-likeness (QED) is 0.0612. The van der Waals surface area contributed by atoms with Crippen LogP contribution in [0.4, 0.5) is 4.39 Å². The minimum atomic E-state index is -0.768. The van der Waals surface area contributed by atoms with Crippen LogP contribution in [0.3, 0.4) is 0 Å². The molecule has 0 radical (unpaired) electrons. The summed E-state index contributed by atoms with van der Waals surface area (Å²) in [5, 5.41) is 14.3. The zero-order valence-corrected chi connectivity index (χ0v) is 27.6. The van der Waals surface area contributed by atoms with Gasteiger partial charge in [0.25, 0.3) is 0 Å². The van der Waals surface area contributed by atoms with E-state index in [0.29, 0.717) is 32.2 Å². The van der Waals surface area contributed by atoms with Crippen molar-refractivity contribution in [2.24, 2.45) is 5.92 Å². The molecule has 1 fully saturated rings. The predicted molar refractivity (Wildman–Crippen MR) is 173 cm³/mol. The molecule has 1 aliphatic carbocycles. The van der Waals surface area contributed by atoms with Crippen molar-refractivity contribution in [2.75, 3.05) is 20.8 Å². The van der Waals surface area contributed by atoms with Gasteiger partial charge in [-0.2, -0.15) is 0 Å². The molecule has 2 N–H and O–H groups in total. The predicted octanol–water partition coefficient (Wildman–Crippen LogP) is 6.93. The number of halogens is 1. The first kappa shape index (κ1) is 38.4. The number of allylic oxidation sites excluding steroid dienone is 1. The maximum Gasteiger partial charge on any atom is 0.309 e. The Kier molecular flexibility index (Phi) is 19.4. The molecular weight excluding hydrogens is 577 g/mol. The van der Waals surface area contributed by atoms with Gasteiger partial charge in [-0.3, -0.25) is 14.4 Å². The van der Waals surface area contributed by atoms with E-state index in [4.69, 9.17) is 9.47 Å². The number of hydrogen-bond acceptors (Lipinski definition) is 8. The summed E-state index contributed by atoms with van der Waals surface area (Å²) in [6.45, 7) is 2.48. The van der Waals surface area contributed by atoms with Gasteiger partial charge in [0.2, 0.25) is 0 Å². The number of hydrogen-bond donors (Lipinski definition) is 2. The van der Waals surface area contributed by atoms with Crippen molar-refractivity contribution >= 4 is 17.9 Å². The number of carbonyl (C=O) groups excluding carboxylic acids is 3. The Balaban J connectivity index is 1.82. The van der Waals surface area contributed by atoms with Gasteiger partial charge >= 0.3 is 17.9 Å². The summed E-state index contributed by atoms with van der Waals surface area (Å²) in [5.41, 5.74) is 0.870. The van der Waals surface area contributed by atoms with E-state index in [1.54, 1.807) is 12.1 Å². The van der Waals surface area contributed by atoms with E-state index in [1.807, 2.05) is 6.08 Å². The monoisotopic (exact) mass is 633 g/mol. The minimum Gasteiger partial charge on any atom is -0.469 e. The van der Waals surface area contributed by atoms with E-state index < -0.39 is 12.2 Å². The molecule has 1 aliphatic rings. The molecule has 5 atom stereocenters. The molecule has 0 heterocycles. The summed E-state index contributed by atoms with van der Waals surface area (Å²) in [6, 6.07) is 6.18. The summed E-state index contributed by atoms with van der Waals surface area (Å²) in [5.74, 6) is -1.66. The molecule has 0 aromatic heterocycles. The number of aliphatic hydroxyl groups is 1. The normalized spacial score (nSPS) is 19.6. The molecule has 4 unspecified atom stereocenters. The lowest BCUT2D eigenvalue weighted by molar-refractivity contribution is -0.155. The summed E-state index contributed by atoms with van der Waals surface area (Å²) in [4.78, 5) is 36.6. The van der Waals surface area contributed by atoms with E-state index in [0.717, 1.165) is 76.2 Å². The van der Waals surface area contributed by atoms with Crippen LogP contribution in [0.15, 0.2) is 36.4 Å². The van der Waals surface area contributed by atoms with Crippen LogP contribution in [-0.4, -0.2) is 62.0 Å². The second-order valence-corrected chi connectivity index (χ2v) is 12.1. The van der Waals surface area contributed by atoms with Crippen LogP contribution in [0.5, 0.6) is 0 Å². The van der Waals surface area contributed by atoms with Crippen molar-refractivity contribution in [2.45, 2.75) is 134 Å². The van der Waals surface area contributed by atoms with Crippen LogP contribution in [0, 0.1) is 11.7 Å². The average Bonchev–Trinajstić information content (AvgIpc) is 3.04. The van der Waals surface area contributed by atoms with E-state index in [-0.39, 0.29) is 48.0 Å². The molecule has 0 aliphatic heterocycles. The largest absolute Gasteiger partial charge is 0.469 e. The lowest BCUT2D eigenvalue weighted by atomic mass is 9.72. The van der Waals surface area contributed by atoms with E-state index in [9.17, 15) is 23.9 Å². The molecule has 2 rings (SSSR count). The molecule has 1 saturated carbocycles. The third-order valence-corrected chi connectivity index (χ3v) is 8.72. The Morgan fingerprint density at radius 1 is 0.933 bits per heavy atom. The van der Waals surface area contributed by atoms with Gasteiger partial charge in [0.1, 0.15) is 11.9 Å². The Morgan fingerprint density at radius 2 is 1.67 bits per heavy atom. The van der Waals surface area contributed by atoms with Crippen molar-refractivity contribution in [1.82, 2.24) is 5.32 Å². The van der Waals surface area contributed by atoms with Gasteiger partial charge < -0.3 is 24.6 Å². The number of esters is 3. The lowest BCUT2D eigenvalue weighted by Gasteiger charge is -2.37. The van der Waals surface area contributed by atoms with Crippen LogP contribution in [0.1, 0.15) is 121 Å². The van der Waals surface area contributed by atoms with Crippen LogP contribution in [-0.2, 0) is 28.6 Å². The Hall–Kier alpha value is -2.78. The Bertz CT molecular complexity index is 1020. The molecule has 1 aromatic rings. The van der Waals surface area contributed by atoms with Gasteiger partial charge in [-0.05, 0) is 69.1 Å². The first-order chi connectivity index (χ1) is 21.8. The maximum atomic E-state index is 13.6. The fourth-order valence-electron chi connectivity index (χ4n) is 6.17. The first-order valence-electron chi connectivity index (χ1n) is 17.0. The van der Waals surface area contributed by atoms with Gasteiger partial charge in [0.15, 0.2) is 0 Å². The lowest BCUT2D eigenvalue weighted by Crippen LogP contribution is -2.44. The number of unbranched alkanes of at least 4 members (excludes halogenated alkanes) is 7. The number of nitrogens with one attached hydrogen (secondary N) is 1. The summed E-state index contributed by atoms with van der Waals surface area (Å²) in [6.07, 6.45) is 15.7. The second kappa shape index (κ2) is 22.7. The minimum absolute atomic E-state index is 0.0722. The highest BCUT2D eigenvalue weighted by atomic mass is 19.1. The zero-order valence-electron chi connectivity index (χ0n) is 27.6. The van der Waals surface area contributed by atoms with Crippen molar-refractivity contribution in [3.8, 4) is 0 Å². The van der Waals surface area contributed by atoms with Crippen molar-refractivity contribution < 1.29 is 38.1 Å². The third kappa shape index (κ3) is 14.9. The molecule has 0 saturated heterocycles. The van der Waals surface area contributed by atoms with Gasteiger partial charge in [0, 0.05) is 24.9 Å². The third-order valence-electron chi connectivity index (χ3n) is 8.72. The average molecular weight is 634 g/mol. The molecule has 8 nitrogen and oxygen atoms in total. The standard InChI is InChI=1S/C36H56FNO7/c1-4-5-12-19-32(31(39)18-13-10-8-6-7-9-11-14-20-33(40)43-2)45-34(41)25-26-38-30-17-15-16-29(36(42)44-3)35(30)27-21-23-28(37)24-22-27/h10,13,21-24,29-32,35,38-39H,4-9,11-12,14-20,25-26H2,1-3H3/b13-10-/t29?,30?,31?,32?,35-/m0/s1. The Morgan fingerprint density at radius 3 is 2.38 bits per heavy atom. The molecule has 254 valence electrons. The first-order valence-corrected chi connectivity index (χ1v) is 17.0. The van der Waals surface area contributed by atoms with E-state index in [2.05, 4.69) is 23.1 Å². The highest BCUT2D eigenvalue weighted by Crippen LogP contribution is 2.39. The topological polar surface area (TPSA) is 111 Å². The second-order valence-electron chi connectivity index (χ2n) is 12.1. The SMILES string of the molecule is CCCCCC(OC(=O)CCNC1CCCC(C(=O)OC)[C@@H]1c1ccc(F)cc1)C(O)C/C=C\CCCCCCCC(=O)OC. The van der Waals surface area contributed by atoms with Gasteiger partial charge in [0.05, 0.1) is 32.7 Å². The van der Waals surface area contributed by atoms with Crippen LogP contribution in [0.2, 0.25) is 0 Å². The number of methoxy groups -OCH3 is 2. The van der Waals surface area contributed by atoms with Crippen LogP contribution in [0.25, 0.3) is 0 Å². The molecule has 45 heavy (non-hydrogen) atoms. The number of ether oxygens (including phenoxy) is 3. The molecule has 0 spiro atoms. The smallest absolute Gasteiger partial charge is 0.309 e. The van der Waals surface area contributed by atoms with Crippen molar-refractivity contribution in [3.63, 3.8) is 0 Å². The summed E-state index contributed by atoms with van der Waals surface area (Å²) < 4.78 is 29.2. The van der Waals surface area contributed by atoms with E-state index in [1.165, 1.54) is 26.4 Å². The molecule has 0 amide bonds. The summed E-state index contributed by atoms with van der Waals surface area (Å²) >= 11 is 0. The zero-order chi connectivity index (χ0) is 32.9. The Labute approximate surface area is 269 Å².